The fourth-order valence-corrected chi connectivity index (χ4v) is 4.85. The van der Waals surface area contributed by atoms with Crippen molar-refractivity contribution in [2.24, 2.45) is 0 Å². The zero-order valence-corrected chi connectivity index (χ0v) is 20.5. The largest absolute Gasteiger partial charge is 0.493 e. The standard InChI is InChI=1S/C24H22ClF3N2O5S/c1-34-21-9-5-6-10-22(21)35-14-13-29-23(31)16-30(36(32,33)18-7-3-2-4-8-18)17-11-12-20(25)19(15-17)24(26,27)28/h2-12,15H,13-14,16H2,1H3,(H,29,31). The summed E-state index contributed by atoms with van der Waals surface area (Å²) in [6, 6.07) is 16.6. The SMILES string of the molecule is COc1ccccc1OCCNC(=O)CN(c1ccc(Cl)c(C(F)(F)F)c1)S(=O)(=O)c1ccccc1. The van der Waals surface area contributed by atoms with E-state index in [1.807, 2.05) is 0 Å². The third kappa shape index (κ3) is 6.61. The van der Waals surface area contributed by atoms with Crippen LogP contribution in [0.4, 0.5) is 18.9 Å². The normalized spacial score (nSPS) is 11.6. The predicted octanol–water partition coefficient (Wildman–Crippen LogP) is 4.76. The molecule has 0 atom stereocenters. The molecular formula is C24H22ClF3N2O5S. The Labute approximate surface area is 211 Å². The van der Waals surface area contributed by atoms with Gasteiger partial charge in [-0.2, -0.15) is 13.2 Å². The lowest BCUT2D eigenvalue weighted by Crippen LogP contribution is -2.42. The Bertz CT molecular complexity index is 1300. The monoisotopic (exact) mass is 542 g/mol. The first-order chi connectivity index (χ1) is 17.0. The summed E-state index contributed by atoms with van der Waals surface area (Å²) in [7, 11) is -2.91. The first-order valence-corrected chi connectivity index (χ1v) is 12.3. The van der Waals surface area contributed by atoms with E-state index in [2.05, 4.69) is 5.32 Å². The Kier molecular flexibility index (Phi) is 8.70. The van der Waals surface area contributed by atoms with Gasteiger partial charge in [0.05, 0.1) is 34.8 Å². The topological polar surface area (TPSA) is 84.9 Å². The highest BCUT2D eigenvalue weighted by molar-refractivity contribution is 7.92. The quantitative estimate of drug-likeness (QED) is 0.374. The van der Waals surface area contributed by atoms with E-state index in [0.717, 1.165) is 12.1 Å². The van der Waals surface area contributed by atoms with Crippen LogP contribution in [0.15, 0.2) is 77.7 Å². The number of hydrogen-bond acceptors (Lipinski definition) is 5. The number of anilines is 1. The van der Waals surface area contributed by atoms with Crippen LogP contribution in [0.25, 0.3) is 0 Å². The average molecular weight is 543 g/mol. The molecular weight excluding hydrogens is 521 g/mol. The summed E-state index contributed by atoms with van der Waals surface area (Å²) in [6.07, 6.45) is -4.83. The number of methoxy groups -OCH3 is 1. The second kappa shape index (κ2) is 11.5. The van der Waals surface area contributed by atoms with E-state index < -0.39 is 39.2 Å². The number of rotatable bonds is 10. The molecule has 0 radical (unpaired) electrons. The van der Waals surface area contributed by atoms with E-state index in [9.17, 15) is 26.4 Å². The molecule has 7 nitrogen and oxygen atoms in total. The van der Waals surface area contributed by atoms with E-state index in [1.54, 1.807) is 30.3 Å². The van der Waals surface area contributed by atoms with Crippen molar-refractivity contribution in [1.82, 2.24) is 5.32 Å². The van der Waals surface area contributed by atoms with Crippen LogP contribution >= 0.6 is 11.6 Å². The second-order valence-corrected chi connectivity index (χ2v) is 9.61. The lowest BCUT2D eigenvalue weighted by atomic mass is 10.2. The lowest BCUT2D eigenvalue weighted by molar-refractivity contribution is -0.137. The van der Waals surface area contributed by atoms with Crippen LogP contribution in [0.2, 0.25) is 5.02 Å². The van der Waals surface area contributed by atoms with Crippen molar-refractivity contribution in [3.05, 3.63) is 83.4 Å². The lowest BCUT2D eigenvalue weighted by Gasteiger charge is -2.25. The van der Waals surface area contributed by atoms with Crippen molar-refractivity contribution >= 4 is 33.2 Å². The molecule has 192 valence electrons. The molecule has 0 saturated carbocycles. The van der Waals surface area contributed by atoms with Crippen LogP contribution in [0.1, 0.15) is 5.56 Å². The van der Waals surface area contributed by atoms with Gasteiger partial charge in [0.25, 0.3) is 10.0 Å². The van der Waals surface area contributed by atoms with Crippen molar-refractivity contribution in [3.8, 4) is 11.5 Å². The number of halogens is 4. The Balaban J connectivity index is 1.80. The van der Waals surface area contributed by atoms with Crippen LogP contribution in [0.5, 0.6) is 11.5 Å². The summed E-state index contributed by atoms with van der Waals surface area (Å²) in [5.74, 6) is 0.192. The number of carbonyl (C=O) groups excluding carboxylic acids is 1. The van der Waals surface area contributed by atoms with E-state index in [1.165, 1.54) is 31.4 Å². The van der Waals surface area contributed by atoms with Gasteiger partial charge in [0.1, 0.15) is 13.2 Å². The number of carbonyl (C=O) groups is 1. The Morgan fingerprint density at radius 2 is 1.64 bits per heavy atom. The van der Waals surface area contributed by atoms with Crippen molar-refractivity contribution in [2.45, 2.75) is 11.1 Å². The maximum atomic E-state index is 13.4. The molecule has 0 bridgehead atoms. The number of alkyl halides is 3. The summed E-state index contributed by atoms with van der Waals surface area (Å²) in [4.78, 5) is 12.4. The Morgan fingerprint density at radius 1 is 1.00 bits per heavy atom. The minimum atomic E-state index is -4.83. The van der Waals surface area contributed by atoms with Gasteiger partial charge in [-0.3, -0.25) is 9.10 Å². The minimum Gasteiger partial charge on any atom is -0.493 e. The molecule has 3 rings (SSSR count). The molecule has 0 aliphatic rings. The number of ether oxygens (including phenoxy) is 2. The van der Waals surface area contributed by atoms with Gasteiger partial charge in [0.2, 0.25) is 5.91 Å². The number of hydrogen-bond donors (Lipinski definition) is 1. The van der Waals surface area contributed by atoms with Crippen LogP contribution in [-0.4, -0.2) is 41.1 Å². The minimum absolute atomic E-state index is 0.00449. The molecule has 0 aliphatic carbocycles. The molecule has 0 aliphatic heterocycles. The summed E-state index contributed by atoms with van der Waals surface area (Å²) in [5.41, 5.74) is -1.59. The molecule has 3 aromatic rings. The van der Waals surface area contributed by atoms with Crippen LogP contribution in [0.3, 0.4) is 0 Å². The van der Waals surface area contributed by atoms with Crippen molar-refractivity contribution in [1.29, 1.82) is 0 Å². The predicted molar refractivity (Wildman–Crippen MR) is 129 cm³/mol. The zero-order chi connectivity index (χ0) is 26.3. The Hall–Kier alpha value is -3.44. The first kappa shape index (κ1) is 27.2. The van der Waals surface area contributed by atoms with Gasteiger partial charge >= 0.3 is 6.18 Å². The van der Waals surface area contributed by atoms with Gasteiger partial charge in [-0.15, -0.1) is 0 Å². The van der Waals surface area contributed by atoms with E-state index >= 15 is 0 Å². The molecule has 0 unspecified atom stereocenters. The molecule has 3 aromatic carbocycles. The zero-order valence-electron chi connectivity index (χ0n) is 19.0. The number of nitrogens with one attached hydrogen (secondary N) is 1. The molecule has 0 aromatic heterocycles. The van der Waals surface area contributed by atoms with Gasteiger partial charge in [0.15, 0.2) is 11.5 Å². The molecule has 36 heavy (non-hydrogen) atoms. The third-order valence-corrected chi connectivity index (χ3v) is 7.03. The Morgan fingerprint density at radius 3 is 2.28 bits per heavy atom. The summed E-state index contributed by atoms with van der Waals surface area (Å²) >= 11 is 5.69. The maximum absolute atomic E-state index is 13.4. The molecule has 0 spiro atoms. The molecule has 0 saturated heterocycles. The first-order valence-electron chi connectivity index (χ1n) is 10.5. The highest BCUT2D eigenvalue weighted by Gasteiger charge is 2.35. The number of amides is 1. The second-order valence-electron chi connectivity index (χ2n) is 7.34. The number of para-hydroxylation sites is 2. The fourth-order valence-electron chi connectivity index (χ4n) is 3.20. The van der Waals surface area contributed by atoms with Crippen molar-refractivity contribution in [2.75, 3.05) is 31.1 Å². The van der Waals surface area contributed by atoms with Gasteiger partial charge in [-0.1, -0.05) is 41.9 Å². The third-order valence-electron chi connectivity index (χ3n) is 4.91. The van der Waals surface area contributed by atoms with Crippen LogP contribution in [0, 0.1) is 0 Å². The molecule has 0 fully saturated rings. The summed E-state index contributed by atoms with van der Waals surface area (Å²) in [5, 5.41) is 1.92. The number of sulfonamides is 1. The maximum Gasteiger partial charge on any atom is 0.417 e. The smallest absolute Gasteiger partial charge is 0.417 e. The van der Waals surface area contributed by atoms with Gasteiger partial charge in [-0.25, -0.2) is 8.42 Å². The average Bonchev–Trinajstić information content (AvgIpc) is 2.85. The van der Waals surface area contributed by atoms with Crippen molar-refractivity contribution in [3.63, 3.8) is 0 Å². The number of benzene rings is 3. The molecule has 0 heterocycles. The fraction of sp³-hybridized carbons (Fsp3) is 0.208. The van der Waals surface area contributed by atoms with E-state index in [4.69, 9.17) is 21.1 Å². The van der Waals surface area contributed by atoms with Gasteiger partial charge in [-0.05, 0) is 42.5 Å². The highest BCUT2D eigenvalue weighted by atomic mass is 35.5. The van der Waals surface area contributed by atoms with Gasteiger partial charge in [0, 0.05) is 0 Å². The highest BCUT2D eigenvalue weighted by Crippen LogP contribution is 2.38. The van der Waals surface area contributed by atoms with Crippen LogP contribution in [-0.2, 0) is 21.0 Å². The van der Waals surface area contributed by atoms with E-state index in [0.29, 0.717) is 21.9 Å². The summed E-state index contributed by atoms with van der Waals surface area (Å²) in [6.45, 7) is -0.730. The van der Waals surface area contributed by atoms with Gasteiger partial charge < -0.3 is 14.8 Å². The molecule has 1 N–H and O–H groups in total. The molecule has 12 heteroatoms. The van der Waals surface area contributed by atoms with E-state index in [-0.39, 0.29) is 23.7 Å². The molecule has 1 amide bonds. The number of nitrogens with zero attached hydrogens (tertiary/aromatic N) is 1. The van der Waals surface area contributed by atoms with Crippen molar-refractivity contribution < 1.29 is 35.9 Å². The van der Waals surface area contributed by atoms with Crippen LogP contribution < -0.4 is 19.1 Å². The summed E-state index contributed by atoms with van der Waals surface area (Å²) < 4.78 is 78.2.